The van der Waals surface area contributed by atoms with Crippen molar-refractivity contribution in [2.75, 3.05) is 6.54 Å². The summed E-state index contributed by atoms with van der Waals surface area (Å²) >= 11 is 0. The number of carbonyl (C=O) groups excluding carboxylic acids is 1. The number of hydrogen-bond donors (Lipinski definition) is 2. The number of aromatic amines is 1. The van der Waals surface area contributed by atoms with Gasteiger partial charge in [-0.2, -0.15) is 5.26 Å². The minimum Gasteiger partial charge on any atom is -0.367 e. The van der Waals surface area contributed by atoms with Crippen LogP contribution in [0.5, 0.6) is 0 Å². The summed E-state index contributed by atoms with van der Waals surface area (Å²) in [5.41, 5.74) is 1.91. The van der Waals surface area contributed by atoms with E-state index in [1.54, 1.807) is 12.1 Å². The fraction of sp³-hybridized carbons (Fsp3) is 0.154. The van der Waals surface area contributed by atoms with E-state index in [1.807, 2.05) is 24.5 Å². The Morgan fingerprint density at radius 2 is 2.33 bits per heavy atom. The van der Waals surface area contributed by atoms with E-state index in [0.717, 1.165) is 12.0 Å². The van der Waals surface area contributed by atoms with E-state index in [2.05, 4.69) is 15.3 Å². The zero-order chi connectivity index (χ0) is 12.8. The summed E-state index contributed by atoms with van der Waals surface area (Å²) < 4.78 is 0. The van der Waals surface area contributed by atoms with Gasteiger partial charge in [0, 0.05) is 25.1 Å². The normalized spacial score (nSPS) is 9.72. The Labute approximate surface area is 104 Å². The highest BCUT2D eigenvalue weighted by molar-refractivity contribution is 5.92. The number of H-pyrrole nitrogens is 1. The van der Waals surface area contributed by atoms with Crippen LogP contribution in [0.1, 0.15) is 21.6 Å². The monoisotopic (exact) mass is 240 g/mol. The summed E-state index contributed by atoms with van der Waals surface area (Å²) in [6.07, 6.45) is 5.90. The van der Waals surface area contributed by atoms with Crippen molar-refractivity contribution in [3.8, 4) is 6.07 Å². The first kappa shape index (κ1) is 11.9. The predicted molar refractivity (Wildman–Crippen MR) is 65.8 cm³/mol. The molecule has 0 radical (unpaired) electrons. The van der Waals surface area contributed by atoms with Gasteiger partial charge in [-0.05, 0) is 30.2 Å². The van der Waals surface area contributed by atoms with Crippen molar-refractivity contribution in [1.82, 2.24) is 15.3 Å². The van der Waals surface area contributed by atoms with Gasteiger partial charge in [-0.3, -0.25) is 4.79 Å². The lowest BCUT2D eigenvalue weighted by Crippen LogP contribution is -2.26. The molecular formula is C13H12N4O. The Hall–Kier alpha value is -2.61. The van der Waals surface area contributed by atoms with E-state index >= 15 is 0 Å². The first-order chi connectivity index (χ1) is 8.79. The minimum atomic E-state index is -0.227. The Morgan fingerprint density at radius 3 is 2.94 bits per heavy atom. The van der Waals surface area contributed by atoms with Gasteiger partial charge >= 0.3 is 0 Å². The summed E-state index contributed by atoms with van der Waals surface area (Å²) in [6, 6.07) is 7.04. The molecule has 2 aromatic heterocycles. The molecule has 0 saturated carbocycles. The molecule has 2 aromatic rings. The highest BCUT2D eigenvalue weighted by Crippen LogP contribution is 2.00. The molecule has 0 saturated heterocycles. The summed E-state index contributed by atoms with van der Waals surface area (Å²) in [4.78, 5) is 18.6. The summed E-state index contributed by atoms with van der Waals surface area (Å²) in [5.74, 6) is -0.227. The molecule has 0 spiro atoms. The van der Waals surface area contributed by atoms with E-state index in [-0.39, 0.29) is 5.91 Å². The molecule has 0 aliphatic heterocycles. The van der Waals surface area contributed by atoms with Gasteiger partial charge in [0.15, 0.2) is 0 Å². The number of nitrogens with one attached hydrogen (secondary N) is 2. The molecule has 0 aromatic carbocycles. The lowest BCUT2D eigenvalue weighted by atomic mass is 10.2. The Kier molecular flexibility index (Phi) is 3.72. The van der Waals surface area contributed by atoms with Crippen LogP contribution in [-0.4, -0.2) is 22.4 Å². The number of rotatable bonds is 4. The number of nitriles is 1. The van der Waals surface area contributed by atoms with Crippen molar-refractivity contribution < 1.29 is 4.79 Å². The fourth-order valence-electron chi connectivity index (χ4n) is 1.52. The summed E-state index contributed by atoms with van der Waals surface area (Å²) in [6.45, 7) is 0.554. The lowest BCUT2D eigenvalue weighted by molar-refractivity contribution is 0.0949. The molecule has 18 heavy (non-hydrogen) atoms. The van der Waals surface area contributed by atoms with Crippen molar-refractivity contribution in [2.45, 2.75) is 6.42 Å². The van der Waals surface area contributed by atoms with Crippen molar-refractivity contribution >= 4 is 5.91 Å². The lowest BCUT2D eigenvalue weighted by Gasteiger charge is -2.03. The molecule has 5 heteroatoms. The number of nitrogens with zero attached hydrogens (tertiary/aromatic N) is 2. The Bertz CT molecular complexity index is 552. The molecule has 0 fully saturated rings. The molecule has 2 rings (SSSR count). The summed E-state index contributed by atoms with van der Waals surface area (Å²) in [7, 11) is 0. The van der Waals surface area contributed by atoms with Crippen molar-refractivity contribution in [3.05, 3.63) is 53.6 Å². The van der Waals surface area contributed by atoms with Crippen LogP contribution in [0.15, 0.2) is 36.8 Å². The maximum atomic E-state index is 11.7. The van der Waals surface area contributed by atoms with E-state index < -0.39 is 0 Å². The largest absolute Gasteiger partial charge is 0.367 e. The van der Waals surface area contributed by atoms with Gasteiger partial charge in [-0.1, -0.05) is 0 Å². The van der Waals surface area contributed by atoms with Crippen LogP contribution in [-0.2, 0) is 6.42 Å². The molecule has 0 atom stereocenters. The zero-order valence-corrected chi connectivity index (χ0v) is 9.68. The van der Waals surface area contributed by atoms with Crippen LogP contribution in [0.4, 0.5) is 0 Å². The average Bonchev–Trinajstić information content (AvgIpc) is 2.92. The van der Waals surface area contributed by atoms with Crippen molar-refractivity contribution in [3.63, 3.8) is 0 Å². The molecule has 5 nitrogen and oxygen atoms in total. The number of aromatic nitrogens is 2. The van der Waals surface area contributed by atoms with Crippen LogP contribution in [0.2, 0.25) is 0 Å². The van der Waals surface area contributed by atoms with Crippen LogP contribution in [0, 0.1) is 11.3 Å². The molecule has 0 bridgehead atoms. The molecule has 0 aliphatic carbocycles. The van der Waals surface area contributed by atoms with Crippen LogP contribution in [0.25, 0.3) is 0 Å². The average molecular weight is 240 g/mol. The maximum absolute atomic E-state index is 11.7. The van der Waals surface area contributed by atoms with Gasteiger partial charge in [-0.25, -0.2) is 4.98 Å². The molecule has 0 unspecified atom stereocenters. The van der Waals surface area contributed by atoms with Gasteiger partial charge in [0.1, 0.15) is 11.8 Å². The molecular weight excluding hydrogens is 228 g/mol. The SMILES string of the molecule is N#Cc1ccc(C(=O)NCCc2cc[nH]c2)nc1. The molecule has 0 aliphatic rings. The van der Waals surface area contributed by atoms with Crippen LogP contribution >= 0.6 is 0 Å². The van der Waals surface area contributed by atoms with Gasteiger partial charge in [-0.15, -0.1) is 0 Å². The van der Waals surface area contributed by atoms with Crippen LogP contribution < -0.4 is 5.32 Å². The predicted octanol–water partition coefficient (Wildman–Crippen LogP) is 1.25. The molecule has 90 valence electrons. The first-order valence-corrected chi connectivity index (χ1v) is 5.55. The standard InChI is InChI=1S/C13H12N4O/c14-7-11-1-2-12(17-9-11)13(18)16-6-4-10-3-5-15-8-10/h1-3,5,8-9,15H,4,6H2,(H,16,18). The first-order valence-electron chi connectivity index (χ1n) is 5.55. The molecule has 2 N–H and O–H groups in total. The van der Waals surface area contributed by atoms with Gasteiger partial charge in [0.05, 0.1) is 5.56 Å². The number of amides is 1. The molecule has 1 amide bonds. The Morgan fingerprint density at radius 1 is 1.44 bits per heavy atom. The number of pyridine rings is 1. The third-order valence-electron chi connectivity index (χ3n) is 2.49. The van der Waals surface area contributed by atoms with E-state index in [4.69, 9.17) is 5.26 Å². The third-order valence-corrected chi connectivity index (χ3v) is 2.49. The Balaban J connectivity index is 1.86. The van der Waals surface area contributed by atoms with Gasteiger partial charge in [0.25, 0.3) is 5.91 Å². The van der Waals surface area contributed by atoms with Crippen LogP contribution in [0.3, 0.4) is 0 Å². The van der Waals surface area contributed by atoms with E-state index in [0.29, 0.717) is 17.8 Å². The smallest absolute Gasteiger partial charge is 0.269 e. The number of hydrogen-bond acceptors (Lipinski definition) is 3. The fourth-order valence-corrected chi connectivity index (χ4v) is 1.52. The maximum Gasteiger partial charge on any atom is 0.269 e. The van der Waals surface area contributed by atoms with E-state index in [1.165, 1.54) is 6.20 Å². The molecule has 2 heterocycles. The van der Waals surface area contributed by atoms with E-state index in [9.17, 15) is 4.79 Å². The van der Waals surface area contributed by atoms with Gasteiger partial charge < -0.3 is 10.3 Å². The summed E-state index contributed by atoms with van der Waals surface area (Å²) in [5, 5.41) is 11.4. The zero-order valence-electron chi connectivity index (χ0n) is 9.68. The minimum absolute atomic E-state index is 0.227. The second kappa shape index (κ2) is 5.64. The highest BCUT2D eigenvalue weighted by atomic mass is 16.1. The van der Waals surface area contributed by atoms with Crippen molar-refractivity contribution in [2.24, 2.45) is 0 Å². The van der Waals surface area contributed by atoms with Crippen molar-refractivity contribution in [1.29, 1.82) is 5.26 Å². The third kappa shape index (κ3) is 2.95. The van der Waals surface area contributed by atoms with Gasteiger partial charge in [0.2, 0.25) is 0 Å². The second-order valence-electron chi connectivity index (χ2n) is 3.77. The highest BCUT2D eigenvalue weighted by Gasteiger charge is 2.06. The topological polar surface area (TPSA) is 81.6 Å². The second-order valence-corrected chi connectivity index (χ2v) is 3.77. The quantitative estimate of drug-likeness (QED) is 0.843. The number of carbonyl (C=O) groups is 1.